The van der Waals surface area contributed by atoms with Crippen LogP contribution >= 0.6 is 0 Å². The Balaban J connectivity index is 1.73. The second kappa shape index (κ2) is 8.66. The number of amides is 1. The summed E-state index contributed by atoms with van der Waals surface area (Å²) in [7, 11) is -3.59. The minimum absolute atomic E-state index is 0.0618. The van der Waals surface area contributed by atoms with Crippen LogP contribution in [0.3, 0.4) is 0 Å². The summed E-state index contributed by atoms with van der Waals surface area (Å²) in [6.07, 6.45) is 0.0618. The number of rotatable bonds is 8. The van der Waals surface area contributed by atoms with Gasteiger partial charge in [-0.15, -0.1) is 5.10 Å². The van der Waals surface area contributed by atoms with Crippen molar-refractivity contribution in [3.05, 3.63) is 48.3 Å². The fourth-order valence-corrected chi connectivity index (χ4v) is 4.45. The van der Waals surface area contributed by atoms with Crippen LogP contribution < -0.4 is 5.32 Å². The monoisotopic (exact) mass is 419 g/mol. The van der Waals surface area contributed by atoms with Gasteiger partial charge in [0.15, 0.2) is 0 Å². The summed E-state index contributed by atoms with van der Waals surface area (Å²) in [4.78, 5) is 12.2. The lowest BCUT2D eigenvalue weighted by molar-refractivity contribution is -0.116. The number of aryl methyl sites for hydroxylation is 1. The number of hydrogen-bond acceptors (Lipinski definition) is 5. The number of aromatic nitrogens is 3. The second-order valence-corrected chi connectivity index (χ2v) is 8.27. The fraction of sp³-hybridized carbons (Fsp3) is 0.316. The van der Waals surface area contributed by atoms with E-state index in [9.17, 15) is 17.6 Å². The van der Waals surface area contributed by atoms with Crippen LogP contribution in [0.25, 0.3) is 11.0 Å². The third kappa shape index (κ3) is 4.43. The zero-order chi connectivity index (χ0) is 21.0. The highest BCUT2D eigenvalue weighted by atomic mass is 32.2. The number of nitrogens with zero attached hydrogens (tertiary/aromatic N) is 4. The van der Waals surface area contributed by atoms with E-state index in [1.54, 1.807) is 32.0 Å². The zero-order valence-electron chi connectivity index (χ0n) is 16.2. The molecular formula is C19H22FN5O3S. The van der Waals surface area contributed by atoms with Crippen molar-refractivity contribution in [2.45, 2.75) is 31.7 Å². The summed E-state index contributed by atoms with van der Waals surface area (Å²) in [5, 5.41) is 10.5. The van der Waals surface area contributed by atoms with Crippen molar-refractivity contribution in [2.75, 3.05) is 18.4 Å². The number of nitrogens with one attached hydrogen (secondary N) is 1. The van der Waals surface area contributed by atoms with Crippen LogP contribution in [0, 0.1) is 5.82 Å². The highest BCUT2D eigenvalue weighted by Crippen LogP contribution is 2.21. The number of halogens is 1. The van der Waals surface area contributed by atoms with E-state index in [-0.39, 0.29) is 29.5 Å². The van der Waals surface area contributed by atoms with Gasteiger partial charge in [-0.1, -0.05) is 31.2 Å². The van der Waals surface area contributed by atoms with Gasteiger partial charge in [0.05, 0.1) is 22.6 Å². The van der Waals surface area contributed by atoms with Gasteiger partial charge in [-0.25, -0.2) is 17.5 Å². The number of para-hydroxylation sites is 1. The lowest BCUT2D eigenvalue weighted by Gasteiger charge is -2.18. The first kappa shape index (κ1) is 20.9. The number of sulfonamides is 1. The molecule has 3 rings (SSSR count). The molecule has 3 aromatic rings. The Morgan fingerprint density at radius 3 is 2.59 bits per heavy atom. The maximum absolute atomic E-state index is 13.6. The van der Waals surface area contributed by atoms with Gasteiger partial charge in [0.2, 0.25) is 15.9 Å². The Labute approximate surface area is 168 Å². The highest BCUT2D eigenvalue weighted by Gasteiger charge is 2.22. The summed E-state index contributed by atoms with van der Waals surface area (Å²) in [6, 6.07) is 10.5. The van der Waals surface area contributed by atoms with Gasteiger partial charge in [-0.3, -0.25) is 4.79 Å². The van der Waals surface area contributed by atoms with E-state index >= 15 is 0 Å². The minimum atomic E-state index is -3.59. The number of carbonyl (C=O) groups excluding carboxylic acids is 1. The average molecular weight is 419 g/mol. The van der Waals surface area contributed by atoms with Crippen LogP contribution in [0.5, 0.6) is 0 Å². The van der Waals surface area contributed by atoms with E-state index in [0.29, 0.717) is 24.1 Å². The first-order valence-corrected chi connectivity index (χ1v) is 10.7. The van der Waals surface area contributed by atoms with Gasteiger partial charge < -0.3 is 5.32 Å². The molecule has 0 aliphatic carbocycles. The molecule has 1 heterocycles. The molecule has 29 heavy (non-hydrogen) atoms. The van der Waals surface area contributed by atoms with E-state index in [1.165, 1.54) is 33.3 Å². The van der Waals surface area contributed by atoms with E-state index in [4.69, 9.17) is 0 Å². The second-order valence-electron chi connectivity index (χ2n) is 6.33. The highest BCUT2D eigenvalue weighted by molar-refractivity contribution is 7.89. The standard InChI is InChI=1S/C19H22FN5O3S/c1-3-24(4-2)29(27,28)14-9-10-18-17(13-14)22-23-25(18)12-11-19(26)21-16-8-6-5-7-15(16)20/h5-10,13H,3-4,11-12H2,1-2H3,(H,21,26). The van der Waals surface area contributed by atoms with Gasteiger partial charge in [-0.2, -0.15) is 4.31 Å². The molecule has 0 atom stereocenters. The average Bonchev–Trinajstić information content (AvgIpc) is 3.11. The molecule has 0 aliphatic heterocycles. The van der Waals surface area contributed by atoms with Crippen LogP contribution in [0.15, 0.2) is 47.4 Å². The predicted octanol–water partition coefficient (Wildman–Crippen LogP) is 2.63. The van der Waals surface area contributed by atoms with Crippen molar-refractivity contribution in [3.8, 4) is 0 Å². The Kier molecular flexibility index (Phi) is 6.23. The van der Waals surface area contributed by atoms with Gasteiger partial charge in [0.1, 0.15) is 11.3 Å². The Morgan fingerprint density at radius 2 is 1.90 bits per heavy atom. The van der Waals surface area contributed by atoms with Crippen molar-refractivity contribution in [2.24, 2.45) is 0 Å². The van der Waals surface area contributed by atoms with E-state index < -0.39 is 15.8 Å². The normalized spacial score (nSPS) is 11.9. The number of fused-ring (bicyclic) bond motifs is 1. The quantitative estimate of drug-likeness (QED) is 0.605. The SMILES string of the molecule is CCN(CC)S(=O)(=O)c1ccc2c(c1)nnn2CCC(=O)Nc1ccccc1F. The van der Waals surface area contributed by atoms with Crippen LogP contribution in [0.4, 0.5) is 10.1 Å². The molecule has 0 saturated carbocycles. The molecule has 2 aromatic carbocycles. The molecule has 0 radical (unpaired) electrons. The van der Waals surface area contributed by atoms with Gasteiger partial charge in [0, 0.05) is 19.5 Å². The van der Waals surface area contributed by atoms with Crippen LogP contribution in [0.2, 0.25) is 0 Å². The first-order valence-electron chi connectivity index (χ1n) is 9.24. The van der Waals surface area contributed by atoms with Crippen molar-refractivity contribution in [1.29, 1.82) is 0 Å². The molecule has 0 fully saturated rings. The summed E-state index contributed by atoms with van der Waals surface area (Å²) < 4.78 is 41.8. The van der Waals surface area contributed by atoms with Crippen LogP contribution in [-0.4, -0.2) is 46.7 Å². The largest absolute Gasteiger partial charge is 0.324 e. The smallest absolute Gasteiger partial charge is 0.243 e. The Hall–Kier alpha value is -2.85. The molecule has 154 valence electrons. The molecule has 10 heteroatoms. The molecule has 1 amide bonds. The van der Waals surface area contributed by atoms with Crippen molar-refractivity contribution in [3.63, 3.8) is 0 Å². The molecule has 0 aliphatic rings. The van der Waals surface area contributed by atoms with Crippen LogP contribution in [-0.2, 0) is 21.4 Å². The first-order chi connectivity index (χ1) is 13.9. The molecule has 8 nitrogen and oxygen atoms in total. The summed E-state index contributed by atoms with van der Waals surface area (Å²) in [6.45, 7) is 4.53. The zero-order valence-corrected chi connectivity index (χ0v) is 17.0. The molecule has 1 N–H and O–H groups in total. The molecular weight excluding hydrogens is 397 g/mol. The molecule has 0 spiro atoms. The van der Waals surface area contributed by atoms with Crippen molar-refractivity contribution in [1.82, 2.24) is 19.3 Å². The lowest BCUT2D eigenvalue weighted by Crippen LogP contribution is -2.30. The minimum Gasteiger partial charge on any atom is -0.324 e. The van der Waals surface area contributed by atoms with Gasteiger partial charge in [0.25, 0.3) is 0 Å². The van der Waals surface area contributed by atoms with Crippen molar-refractivity contribution >= 4 is 32.7 Å². The third-order valence-electron chi connectivity index (χ3n) is 4.53. The third-order valence-corrected chi connectivity index (χ3v) is 6.57. The number of carbonyl (C=O) groups is 1. The van der Waals surface area contributed by atoms with Gasteiger partial charge in [-0.05, 0) is 30.3 Å². The maximum atomic E-state index is 13.6. The maximum Gasteiger partial charge on any atom is 0.243 e. The fourth-order valence-electron chi connectivity index (χ4n) is 2.97. The number of hydrogen-bond donors (Lipinski definition) is 1. The van der Waals surface area contributed by atoms with Gasteiger partial charge >= 0.3 is 0 Å². The Bertz CT molecular complexity index is 1130. The number of benzene rings is 2. The van der Waals surface area contributed by atoms with E-state index in [1.807, 2.05) is 0 Å². The molecule has 0 bridgehead atoms. The van der Waals surface area contributed by atoms with E-state index in [0.717, 1.165) is 0 Å². The molecule has 1 aromatic heterocycles. The van der Waals surface area contributed by atoms with Crippen LogP contribution in [0.1, 0.15) is 20.3 Å². The lowest BCUT2D eigenvalue weighted by atomic mass is 10.3. The summed E-state index contributed by atoms with van der Waals surface area (Å²) in [5.74, 6) is -0.867. The molecule has 0 unspecified atom stereocenters. The number of anilines is 1. The Morgan fingerprint density at radius 1 is 1.17 bits per heavy atom. The summed E-state index contributed by atoms with van der Waals surface area (Å²) in [5.41, 5.74) is 1.15. The topological polar surface area (TPSA) is 97.2 Å². The predicted molar refractivity (Wildman–Crippen MR) is 107 cm³/mol. The summed E-state index contributed by atoms with van der Waals surface area (Å²) >= 11 is 0. The van der Waals surface area contributed by atoms with E-state index in [2.05, 4.69) is 15.6 Å². The molecule has 0 saturated heterocycles. The van der Waals surface area contributed by atoms with Crippen molar-refractivity contribution < 1.29 is 17.6 Å².